The van der Waals surface area contributed by atoms with Gasteiger partial charge in [0.2, 0.25) is 11.5 Å². The van der Waals surface area contributed by atoms with E-state index in [1.807, 2.05) is 43.4 Å². The first-order chi connectivity index (χ1) is 15.9. The third-order valence-electron chi connectivity index (χ3n) is 5.76. The van der Waals surface area contributed by atoms with Gasteiger partial charge in [-0.25, -0.2) is 4.98 Å². The number of halogens is 3. The lowest BCUT2D eigenvalue weighted by Crippen LogP contribution is -2.47. The number of rotatable bonds is 3. The Balaban J connectivity index is 1.63. The molecule has 0 atom stereocenters. The Morgan fingerprint density at radius 1 is 0.939 bits per heavy atom. The average molecular weight is 500 g/mol. The molecule has 5 nitrogen and oxygen atoms in total. The first-order valence-corrected chi connectivity index (χ1v) is 11.6. The van der Waals surface area contributed by atoms with Gasteiger partial charge in [0, 0.05) is 58.8 Å². The highest BCUT2D eigenvalue weighted by molar-refractivity contribution is 6.36. The van der Waals surface area contributed by atoms with Crippen molar-refractivity contribution in [2.45, 2.75) is 0 Å². The van der Waals surface area contributed by atoms with E-state index in [9.17, 15) is 4.79 Å². The van der Waals surface area contributed by atoms with E-state index in [4.69, 9.17) is 44.2 Å². The minimum Gasteiger partial charge on any atom is -0.432 e. The zero-order valence-corrected chi connectivity index (χ0v) is 20.0. The number of benzene rings is 2. The number of aromatic nitrogens is 1. The molecule has 0 saturated carbocycles. The molecule has 1 amide bonds. The molecule has 2 aromatic heterocycles. The molecule has 0 aliphatic carbocycles. The number of hydrogen-bond donors (Lipinski definition) is 0. The molecular formula is C25H19Cl3N3O2. The maximum Gasteiger partial charge on any atom is 0.290 e. The second-order valence-corrected chi connectivity index (χ2v) is 9.30. The fraction of sp³-hybridized carbons (Fsp3) is 0.200. The summed E-state index contributed by atoms with van der Waals surface area (Å²) in [5.41, 5.74) is 3.37. The summed E-state index contributed by atoms with van der Waals surface area (Å²) in [7, 11) is 2.04. The summed E-state index contributed by atoms with van der Waals surface area (Å²) in [6.45, 7) is 2.94. The molecule has 1 fully saturated rings. The van der Waals surface area contributed by atoms with E-state index in [0.29, 0.717) is 50.5 Å². The molecule has 2 aromatic carbocycles. The fourth-order valence-electron chi connectivity index (χ4n) is 3.89. The van der Waals surface area contributed by atoms with E-state index >= 15 is 0 Å². The van der Waals surface area contributed by atoms with Gasteiger partial charge in [0.25, 0.3) is 5.91 Å². The summed E-state index contributed by atoms with van der Waals surface area (Å²) < 4.78 is 5.88. The predicted octanol–water partition coefficient (Wildman–Crippen LogP) is 6.31. The van der Waals surface area contributed by atoms with E-state index in [1.165, 1.54) is 0 Å². The van der Waals surface area contributed by atoms with E-state index < -0.39 is 0 Å². The van der Waals surface area contributed by atoms with Crippen LogP contribution in [0.5, 0.6) is 0 Å². The SMILES string of the molecule is CN1CCN(C(=O)c2[c]c3cc(-c4ccc(Cl)cc4)c(-c4ccc(Cl)cc4Cl)nc3o2)CC1. The van der Waals surface area contributed by atoms with Gasteiger partial charge in [-0.15, -0.1) is 0 Å². The van der Waals surface area contributed by atoms with Crippen LogP contribution in [-0.4, -0.2) is 53.9 Å². The summed E-state index contributed by atoms with van der Waals surface area (Å²) in [5, 5.41) is 2.25. The van der Waals surface area contributed by atoms with Gasteiger partial charge in [0.15, 0.2) is 0 Å². The van der Waals surface area contributed by atoms with Crippen LogP contribution in [0.2, 0.25) is 15.1 Å². The summed E-state index contributed by atoms with van der Waals surface area (Å²) in [5.74, 6) is -0.0244. The maximum atomic E-state index is 13.0. The number of amides is 1. The summed E-state index contributed by atoms with van der Waals surface area (Å²) in [6.07, 6.45) is 0. The average Bonchev–Trinajstić information content (AvgIpc) is 3.22. The number of nitrogens with zero attached hydrogens (tertiary/aromatic N) is 3. The molecule has 0 bridgehead atoms. The fourth-order valence-corrected chi connectivity index (χ4v) is 4.52. The Hall–Kier alpha value is -2.57. The number of piperazine rings is 1. The topological polar surface area (TPSA) is 49.6 Å². The Kier molecular flexibility index (Phi) is 6.06. The van der Waals surface area contributed by atoms with Crippen molar-refractivity contribution in [2.24, 2.45) is 0 Å². The third kappa shape index (κ3) is 4.46. The number of hydrogen-bond acceptors (Lipinski definition) is 4. The van der Waals surface area contributed by atoms with Crippen molar-refractivity contribution in [1.82, 2.24) is 14.8 Å². The Bertz CT molecular complexity index is 1340. The predicted molar refractivity (Wildman–Crippen MR) is 132 cm³/mol. The zero-order chi connectivity index (χ0) is 23.1. The van der Waals surface area contributed by atoms with Gasteiger partial charge >= 0.3 is 0 Å². The second kappa shape index (κ2) is 8.99. The summed E-state index contributed by atoms with van der Waals surface area (Å²) >= 11 is 18.7. The maximum absolute atomic E-state index is 13.0. The first-order valence-electron chi connectivity index (χ1n) is 10.4. The van der Waals surface area contributed by atoms with Crippen molar-refractivity contribution in [3.05, 3.63) is 75.4 Å². The lowest BCUT2D eigenvalue weighted by molar-refractivity contribution is 0.0634. The van der Waals surface area contributed by atoms with E-state index in [-0.39, 0.29) is 11.7 Å². The number of likely N-dealkylation sites (N-methyl/N-ethyl adjacent to an activating group) is 1. The van der Waals surface area contributed by atoms with Crippen molar-refractivity contribution >= 4 is 51.8 Å². The van der Waals surface area contributed by atoms with Crippen molar-refractivity contribution in [1.29, 1.82) is 0 Å². The lowest BCUT2D eigenvalue weighted by atomic mass is 9.98. The van der Waals surface area contributed by atoms with Crippen LogP contribution in [0.25, 0.3) is 33.5 Å². The number of carbonyl (C=O) groups is 1. The van der Waals surface area contributed by atoms with Crippen molar-refractivity contribution in [3.63, 3.8) is 0 Å². The molecule has 8 heteroatoms. The van der Waals surface area contributed by atoms with Crippen LogP contribution in [0.1, 0.15) is 10.6 Å². The normalized spacial score (nSPS) is 14.7. The molecule has 1 aliphatic rings. The van der Waals surface area contributed by atoms with Crippen LogP contribution < -0.4 is 0 Å². The number of carbonyl (C=O) groups excluding carboxylic acids is 1. The highest BCUT2D eigenvalue weighted by Crippen LogP contribution is 2.38. The van der Waals surface area contributed by atoms with E-state index in [2.05, 4.69) is 11.0 Å². The largest absolute Gasteiger partial charge is 0.432 e. The van der Waals surface area contributed by atoms with Crippen LogP contribution in [-0.2, 0) is 0 Å². The van der Waals surface area contributed by atoms with Crippen LogP contribution in [0.15, 0.2) is 52.9 Å². The van der Waals surface area contributed by atoms with Gasteiger partial charge in [-0.2, -0.15) is 0 Å². The number of pyridine rings is 1. The second-order valence-electron chi connectivity index (χ2n) is 8.02. The Morgan fingerprint density at radius 2 is 1.64 bits per heavy atom. The highest BCUT2D eigenvalue weighted by atomic mass is 35.5. The van der Waals surface area contributed by atoms with Gasteiger partial charge in [-0.05, 0) is 49.0 Å². The highest BCUT2D eigenvalue weighted by Gasteiger charge is 2.25. The van der Waals surface area contributed by atoms with Crippen LogP contribution >= 0.6 is 34.8 Å². The number of fused-ring (bicyclic) bond motifs is 1. The molecule has 0 spiro atoms. The Morgan fingerprint density at radius 3 is 2.33 bits per heavy atom. The van der Waals surface area contributed by atoms with E-state index in [1.54, 1.807) is 17.0 Å². The van der Waals surface area contributed by atoms with Gasteiger partial charge in [0.05, 0.1) is 10.7 Å². The van der Waals surface area contributed by atoms with Crippen molar-refractivity contribution in [2.75, 3.05) is 33.2 Å². The van der Waals surface area contributed by atoms with Gasteiger partial charge < -0.3 is 14.2 Å². The molecule has 3 heterocycles. The zero-order valence-electron chi connectivity index (χ0n) is 17.7. The monoisotopic (exact) mass is 498 g/mol. The molecule has 167 valence electrons. The first kappa shape index (κ1) is 22.2. The lowest BCUT2D eigenvalue weighted by Gasteiger charge is -2.31. The van der Waals surface area contributed by atoms with E-state index in [0.717, 1.165) is 24.2 Å². The van der Waals surface area contributed by atoms with Gasteiger partial charge in [-0.3, -0.25) is 4.79 Å². The molecule has 0 N–H and O–H groups in total. The molecule has 4 aromatic rings. The van der Waals surface area contributed by atoms with Gasteiger partial charge in [-0.1, -0.05) is 46.9 Å². The molecule has 33 heavy (non-hydrogen) atoms. The summed E-state index contributed by atoms with van der Waals surface area (Å²) in [4.78, 5) is 21.7. The third-order valence-corrected chi connectivity index (χ3v) is 6.56. The quantitative estimate of drug-likeness (QED) is 0.331. The Labute approximate surface area is 206 Å². The van der Waals surface area contributed by atoms with Crippen molar-refractivity contribution in [3.8, 4) is 22.4 Å². The molecule has 5 rings (SSSR count). The molecule has 1 saturated heterocycles. The molecular weight excluding hydrogens is 481 g/mol. The summed E-state index contributed by atoms with van der Waals surface area (Å²) in [6, 6.07) is 17.7. The van der Waals surface area contributed by atoms with Gasteiger partial charge in [0.1, 0.15) is 0 Å². The number of furan rings is 1. The molecule has 0 unspecified atom stereocenters. The smallest absolute Gasteiger partial charge is 0.290 e. The standard InChI is InChI=1S/C25H19Cl3N3O2/c1-30-8-10-31(11-9-30)25(32)22-13-16-12-20(15-2-4-17(26)5-3-15)23(29-24(16)33-22)19-7-6-18(27)14-21(19)28/h2-7,12,14H,8-11H2,1H3. The molecule has 1 aliphatic heterocycles. The van der Waals surface area contributed by atoms with Crippen molar-refractivity contribution < 1.29 is 9.21 Å². The minimum absolute atomic E-state index is 0.156. The van der Waals surface area contributed by atoms with Crippen LogP contribution in [0.4, 0.5) is 0 Å². The van der Waals surface area contributed by atoms with Crippen LogP contribution in [0.3, 0.4) is 0 Å². The minimum atomic E-state index is -0.180. The molecule has 1 radical (unpaired) electrons. The van der Waals surface area contributed by atoms with Crippen LogP contribution in [0, 0.1) is 6.07 Å².